The zero-order valence-electron chi connectivity index (χ0n) is 13.4. The summed E-state index contributed by atoms with van der Waals surface area (Å²) in [4.78, 5) is 27.2. The molecule has 2 amide bonds. The molecule has 4 nitrogen and oxygen atoms in total. The van der Waals surface area contributed by atoms with Crippen LogP contribution in [0.1, 0.15) is 18.4 Å². The van der Waals surface area contributed by atoms with E-state index in [4.69, 9.17) is 0 Å². The highest BCUT2D eigenvalue weighted by Crippen LogP contribution is 2.49. The van der Waals surface area contributed by atoms with Crippen LogP contribution in [0.25, 0.3) is 0 Å². The number of hydrogen-bond donors (Lipinski definition) is 1. The normalized spacial score (nSPS) is 17.1. The molecule has 0 radical (unpaired) electrons. The number of nitrogens with zero attached hydrogens (tertiary/aromatic N) is 1. The van der Waals surface area contributed by atoms with Crippen LogP contribution in [0, 0.1) is 17.0 Å². The highest BCUT2D eigenvalue weighted by Gasteiger charge is 2.58. The summed E-state index contributed by atoms with van der Waals surface area (Å²) in [6.45, 7) is 0.540. The quantitative estimate of drug-likeness (QED) is 0.871. The molecule has 0 aromatic heterocycles. The van der Waals surface area contributed by atoms with Gasteiger partial charge in [0.2, 0.25) is 11.8 Å². The number of para-hydroxylation sites is 1. The minimum atomic E-state index is -1.15. The fraction of sp³-hybridized carbons (Fsp3) is 0.263. The molecular weight excluding hydrogens is 326 g/mol. The topological polar surface area (TPSA) is 49.4 Å². The first-order chi connectivity index (χ1) is 12.0. The lowest BCUT2D eigenvalue weighted by molar-refractivity contribution is -0.132. The summed E-state index contributed by atoms with van der Waals surface area (Å²) in [5.74, 6) is -2.37. The molecule has 25 heavy (non-hydrogen) atoms. The molecule has 2 aromatic rings. The van der Waals surface area contributed by atoms with Gasteiger partial charge >= 0.3 is 0 Å². The summed E-state index contributed by atoms with van der Waals surface area (Å²) in [5, 5.41) is 2.44. The number of rotatable bonds is 3. The first kappa shape index (κ1) is 15.7. The number of nitrogens with one attached hydrogen (secondary N) is 1. The van der Waals surface area contributed by atoms with Crippen LogP contribution in [-0.2, 0) is 16.0 Å². The number of carbonyl (C=O) groups is 2. The fourth-order valence-electron chi connectivity index (χ4n) is 3.30. The van der Waals surface area contributed by atoms with Crippen molar-refractivity contribution in [3.05, 3.63) is 59.7 Å². The molecule has 4 rings (SSSR count). The van der Waals surface area contributed by atoms with Gasteiger partial charge in [0, 0.05) is 18.3 Å². The molecule has 0 unspecified atom stereocenters. The van der Waals surface area contributed by atoms with Crippen LogP contribution in [0.2, 0.25) is 0 Å². The van der Waals surface area contributed by atoms with Crippen molar-refractivity contribution in [1.82, 2.24) is 0 Å². The van der Waals surface area contributed by atoms with E-state index in [1.807, 2.05) is 24.3 Å². The average molecular weight is 342 g/mol. The summed E-state index contributed by atoms with van der Waals surface area (Å²) in [6, 6.07) is 10.5. The lowest BCUT2D eigenvalue weighted by Gasteiger charge is -2.23. The van der Waals surface area contributed by atoms with Crippen molar-refractivity contribution in [1.29, 1.82) is 0 Å². The van der Waals surface area contributed by atoms with Crippen molar-refractivity contribution in [2.75, 3.05) is 16.8 Å². The third-order valence-electron chi connectivity index (χ3n) is 4.91. The summed E-state index contributed by atoms with van der Waals surface area (Å²) in [5.41, 5.74) is 0.640. The van der Waals surface area contributed by atoms with Gasteiger partial charge in [-0.2, -0.15) is 0 Å². The van der Waals surface area contributed by atoms with E-state index in [1.54, 1.807) is 4.90 Å². The van der Waals surface area contributed by atoms with Gasteiger partial charge in [0.1, 0.15) is 17.0 Å². The van der Waals surface area contributed by atoms with E-state index < -0.39 is 23.0 Å². The highest BCUT2D eigenvalue weighted by molar-refractivity contribution is 6.18. The first-order valence-electron chi connectivity index (χ1n) is 8.18. The first-order valence-corrected chi connectivity index (χ1v) is 8.18. The zero-order valence-corrected chi connectivity index (χ0v) is 13.4. The molecule has 0 bridgehead atoms. The number of amides is 2. The molecular formula is C19H16F2N2O2. The Hall–Kier alpha value is -2.76. The maximum Gasteiger partial charge on any atom is 0.242 e. The second-order valence-corrected chi connectivity index (χ2v) is 6.50. The van der Waals surface area contributed by atoms with Crippen molar-refractivity contribution >= 4 is 23.2 Å². The van der Waals surface area contributed by atoms with Gasteiger partial charge in [-0.25, -0.2) is 8.78 Å². The van der Waals surface area contributed by atoms with E-state index in [0.717, 1.165) is 29.8 Å². The van der Waals surface area contributed by atoms with Crippen LogP contribution < -0.4 is 10.2 Å². The molecule has 1 N–H and O–H groups in total. The molecule has 1 saturated carbocycles. The van der Waals surface area contributed by atoms with E-state index in [1.165, 1.54) is 0 Å². The van der Waals surface area contributed by atoms with Crippen LogP contribution in [-0.4, -0.2) is 18.4 Å². The van der Waals surface area contributed by atoms with Crippen molar-refractivity contribution in [3.63, 3.8) is 0 Å². The zero-order chi connectivity index (χ0) is 17.6. The smallest absolute Gasteiger partial charge is 0.242 e. The molecule has 1 heterocycles. The predicted octanol–water partition coefficient (Wildman–Crippen LogP) is 3.27. The van der Waals surface area contributed by atoms with Gasteiger partial charge in [0.15, 0.2) is 0 Å². The van der Waals surface area contributed by atoms with Gasteiger partial charge < -0.3 is 10.2 Å². The summed E-state index contributed by atoms with van der Waals surface area (Å²) in [6.07, 6.45) is 1.62. The van der Waals surface area contributed by atoms with Crippen LogP contribution in [0.3, 0.4) is 0 Å². The summed E-state index contributed by atoms with van der Waals surface area (Å²) in [7, 11) is 0. The van der Waals surface area contributed by atoms with Gasteiger partial charge in [-0.3, -0.25) is 9.59 Å². The number of fused-ring (bicyclic) bond motifs is 1. The number of benzene rings is 2. The molecule has 1 aliphatic carbocycles. The Labute approximate surface area is 143 Å². The lowest BCUT2D eigenvalue weighted by atomic mass is 10.0. The molecule has 0 saturated heterocycles. The second-order valence-electron chi connectivity index (χ2n) is 6.50. The van der Waals surface area contributed by atoms with Gasteiger partial charge in [-0.15, -0.1) is 0 Å². The van der Waals surface area contributed by atoms with Gasteiger partial charge in [0.05, 0.1) is 5.69 Å². The predicted molar refractivity (Wildman–Crippen MR) is 89.2 cm³/mol. The Morgan fingerprint density at radius 2 is 1.84 bits per heavy atom. The van der Waals surface area contributed by atoms with Crippen molar-refractivity contribution in [3.8, 4) is 0 Å². The third kappa shape index (κ3) is 2.58. The SMILES string of the molecule is O=C(Nc1ccc(F)cc1F)C1(C(=O)N2CCc3ccccc32)CC1. The Morgan fingerprint density at radius 1 is 1.08 bits per heavy atom. The largest absolute Gasteiger partial charge is 0.323 e. The van der Waals surface area contributed by atoms with Gasteiger partial charge in [0.25, 0.3) is 0 Å². The molecule has 1 aliphatic heterocycles. The van der Waals surface area contributed by atoms with E-state index in [2.05, 4.69) is 5.32 Å². The van der Waals surface area contributed by atoms with Crippen molar-refractivity contribution < 1.29 is 18.4 Å². The van der Waals surface area contributed by atoms with Gasteiger partial charge in [-0.05, 0) is 43.0 Å². The van der Waals surface area contributed by atoms with Crippen molar-refractivity contribution in [2.45, 2.75) is 19.3 Å². The summed E-state index contributed by atoms with van der Waals surface area (Å²) < 4.78 is 26.8. The Kier molecular flexibility index (Phi) is 3.56. The molecule has 128 valence electrons. The monoisotopic (exact) mass is 342 g/mol. The third-order valence-corrected chi connectivity index (χ3v) is 4.91. The maximum atomic E-state index is 13.8. The Morgan fingerprint density at radius 3 is 2.56 bits per heavy atom. The second kappa shape index (κ2) is 5.65. The number of anilines is 2. The fourth-order valence-corrected chi connectivity index (χ4v) is 3.30. The minimum Gasteiger partial charge on any atom is -0.323 e. The molecule has 6 heteroatoms. The molecule has 1 fully saturated rings. The van der Waals surface area contributed by atoms with Crippen molar-refractivity contribution in [2.24, 2.45) is 5.41 Å². The maximum absolute atomic E-state index is 13.8. The van der Waals surface area contributed by atoms with E-state index >= 15 is 0 Å². The summed E-state index contributed by atoms with van der Waals surface area (Å²) >= 11 is 0. The standard InChI is InChI=1S/C19H16F2N2O2/c20-13-5-6-15(14(21)11-13)22-17(24)19(8-9-19)18(25)23-10-7-12-3-1-2-4-16(12)23/h1-6,11H,7-10H2,(H,22,24). The van der Waals surface area contributed by atoms with E-state index in [-0.39, 0.29) is 11.6 Å². The number of carbonyl (C=O) groups excluding carboxylic acids is 2. The molecule has 0 atom stereocenters. The lowest BCUT2D eigenvalue weighted by Crippen LogP contribution is -2.42. The number of halogens is 2. The van der Waals surface area contributed by atoms with Crippen LogP contribution in [0.15, 0.2) is 42.5 Å². The molecule has 2 aliphatic rings. The Balaban J connectivity index is 1.56. The van der Waals surface area contributed by atoms with E-state index in [9.17, 15) is 18.4 Å². The molecule has 0 spiro atoms. The number of hydrogen-bond acceptors (Lipinski definition) is 2. The van der Waals surface area contributed by atoms with Crippen LogP contribution in [0.4, 0.5) is 20.2 Å². The average Bonchev–Trinajstić information content (AvgIpc) is 3.30. The molecule has 2 aromatic carbocycles. The Bertz CT molecular complexity index is 877. The van der Waals surface area contributed by atoms with Gasteiger partial charge in [-0.1, -0.05) is 18.2 Å². The highest BCUT2D eigenvalue weighted by atomic mass is 19.1. The minimum absolute atomic E-state index is 0.118. The van der Waals surface area contributed by atoms with Crippen LogP contribution >= 0.6 is 0 Å². The van der Waals surface area contributed by atoms with E-state index in [0.29, 0.717) is 25.5 Å². The van der Waals surface area contributed by atoms with Crippen LogP contribution in [0.5, 0.6) is 0 Å².